The number of anilines is 1. The van der Waals surface area contributed by atoms with Crippen molar-refractivity contribution in [3.8, 4) is 17.0 Å². The van der Waals surface area contributed by atoms with Gasteiger partial charge in [0.2, 0.25) is 5.91 Å². The predicted molar refractivity (Wildman–Crippen MR) is 138 cm³/mol. The third kappa shape index (κ3) is 5.66. The minimum Gasteiger partial charge on any atom is -0.483 e. The zero-order valence-electron chi connectivity index (χ0n) is 19.6. The van der Waals surface area contributed by atoms with Gasteiger partial charge >= 0.3 is 0 Å². The van der Waals surface area contributed by atoms with Gasteiger partial charge in [0.1, 0.15) is 5.75 Å². The number of nitrogens with one attached hydrogen (secondary N) is 1. The van der Waals surface area contributed by atoms with Gasteiger partial charge in [-0.3, -0.25) is 4.79 Å². The van der Waals surface area contributed by atoms with Gasteiger partial charge in [-0.1, -0.05) is 61.2 Å². The summed E-state index contributed by atoms with van der Waals surface area (Å²) in [5, 5.41) is 12.7. The summed E-state index contributed by atoms with van der Waals surface area (Å²) in [7, 11) is 1.88. The van der Waals surface area contributed by atoms with Gasteiger partial charge in [0, 0.05) is 17.5 Å². The van der Waals surface area contributed by atoms with Crippen molar-refractivity contribution in [2.45, 2.75) is 38.5 Å². The van der Waals surface area contributed by atoms with Crippen LogP contribution in [0.3, 0.4) is 0 Å². The second-order valence-electron chi connectivity index (χ2n) is 7.78. The first-order chi connectivity index (χ1) is 16.4. The first-order valence-electron chi connectivity index (χ1n) is 11.0. The molecule has 176 valence electrons. The summed E-state index contributed by atoms with van der Waals surface area (Å²) in [4.78, 5) is 18.2. The molecule has 34 heavy (non-hydrogen) atoms. The lowest BCUT2D eigenvalue weighted by molar-refractivity contribution is -0.113. The Labute approximate surface area is 207 Å². The maximum Gasteiger partial charge on any atom is 0.236 e. The number of rotatable bonds is 9. The highest BCUT2D eigenvalue weighted by Gasteiger charge is 2.19. The molecule has 1 N–H and O–H groups in total. The van der Waals surface area contributed by atoms with Crippen LogP contribution in [0.5, 0.6) is 5.75 Å². The normalized spacial score (nSPS) is 11.9. The first-order valence-corrected chi connectivity index (χ1v) is 12.8. The number of hydrogen-bond acceptors (Lipinski definition) is 7. The SMILES string of the molecule is CCc1ccc(O[C@H](C)c2nnc(SCC(=O)Nc3nc(-c4ccccc4)c(C)s3)n2C)cc1. The number of thiazole rings is 1. The number of aromatic nitrogens is 4. The summed E-state index contributed by atoms with van der Waals surface area (Å²) in [6.07, 6.45) is 0.715. The Bertz CT molecular complexity index is 1250. The molecule has 4 rings (SSSR count). The van der Waals surface area contributed by atoms with E-state index in [2.05, 4.69) is 39.6 Å². The van der Waals surface area contributed by atoms with Gasteiger partial charge in [-0.25, -0.2) is 4.98 Å². The molecule has 0 spiro atoms. The Kier molecular flexibility index (Phi) is 7.64. The number of carbonyl (C=O) groups excluding carboxylic acids is 1. The molecule has 2 aromatic carbocycles. The molecule has 1 atom stereocenters. The quantitative estimate of drug-likeness (QED) is 0.302. The Morgan fingerprint density at radius 3 is 2.59 bits per heavy atom. The molecule has 0 saturated heterocycles. The van der Waals surface area contributed by atoms with Crippen LogP contribution in [0, 0.1) is 6.92 Å². The van der Waals surface area contributed by atoms with E-state index in [0.29, 0.717) is 16.1 Å². The summed E-state index contributed by atoms with van der Waals surface area (Å²) >= 11 is 2.80. The second kappa shape index (κ2) is 10.8. The Morgan fingerprint density at radius 2 is 1.88 bits per heavy atom. The van der Waals surface area contributed by atoms with Gasteiger partial charge in [0.25, 0.3) is 0 Å². The van der Waals surface area contributed by atoms with E-state index in [4.69, 9.17) is 4.74 Å². The predicted octanol–water partition coefficient (Wildman–Crippen LogP) is 5.68. The van der Waals surface area contributed by atoms with Crippen molar-refractivity contribution in [3.05, 3.63) is 70.9 Å². The molecule has 1 amide bonds. The smallest absolute Gasteiger partial charge is 0.236 e. The summed E-state index contributed by atoms with van der Waals surface area (Å²) in [6.45, 7) is 6.07. The fraction of sp³-hybridized carbons (Fsp3) is 0.280. The summed E-state index contributed by atoms with van der Waals surface area (Å²) in [5.41, 5.74) is 3.19. The van der Waals surface area contributed by atoms with Crippen LogP contribution in [-0.4, -0.2) is 31.4 Å². The minimum absolute atomic E-state index is 0.136. The second-order valence-corrected chi connectivity index (χ2v) is 9.93. The van der Waals surface area contributed by atoms with E-state index in [-0.39, 0.29) is 17.8 Å². The van der Waals surface area contributed by atoms with Crippen LogP contribution >= 0.6 is 23.1 Å². The minimum atomic E-state index is -0.275. The van der Waals surface area contributed by atoms with Gasteiger partial charge in [0.15, 0.2) is 22.2 Å². The van der Waals surface area contributed by atoms with Crippen LogP contribution in [0.2, 0.25) is 0 Å². The third-order valence-electron chi connectivity index (χ3n) is 5.30. The lowest BCUT2D eigenvalue weighted by Crippen LogP contribution is -2.14. The first kappa shape index (κ1) is 24.0. The lowest BCUT2D eigenvalue weighted by atomic mass is 10.1. The van der Waals surface area contributed by atoms with Gasteiger partial charge < -0.3 is 14.6 Å². The Morgan fingerprint density at radius 1 is 1.15 bits per heavy atom. The average Bonchev–Trinajstić information content (AvgIpc) is 3.40. The third-order valence-corrected chi connectivity index (χ3v) is 7.21. The molecule has 7 nitrogen and oxygen atoms in total. The van der Waals surface area contributed by atoms with Crippen molar-refractivity contribution in [1.29, 1.82) is 0 Å². The molecule has 2 heterocycles. The summed E-state index contributed by atoms with van der Waals surface area (Å²) in [6, 6.07) is 18.0. The van der Waals surface area contributed by atoms with E-state index in [1.807, 2.05) is 67.9 Å². The molecular weight excluding hydrogens is 466 g/mol. The summed E-state index contributed by atoms with van der Waals surface area (Å²) < 4.78 is 7.90. The number of thioether (sulfide) groups is 1. The van der Waals surface area contributed by atoms with E-state index < -0.39 is 0 Å². The van der Waals surface area contributed by atoms with Crippen molar-refractivity contribution < 1.29 is 9.53 Å². The van der Waals surface area contributed by atoms with Crippen LogP contribution in [-0.2, 0) is 18.3 Å². The molecule has 0 bridgehead atoms. The van der Waals surface area contributed by atoms with Gasteiger partial charge in [-0.15, -0.1) is 21.5 Å². The number of carbonyl (C=O) groups is 1. The molecule has 4 aromatic rings. The average molecular weight is 494 g/mol. The van der Waals surface area contributed by atoms with Crippen molar-refractivity contribution in [3.63, 3.8) is 0 Å². The number of hydrogen-bond donors (Lipinski definition) is 1. The zero-order valence-corrected chi connectivity index (χ0v) is 21.2. The lowest BCUT2D eigenvalue weighted by Gasteiger charge is -2.14. The van der Waals surface area contributed by atoms with Crippen LogP contribution in [0.25, 0.3) is 11.3 Å². The topological polar surface area (TPSA) is 81.9 Å². The maximum absolute atomic E-state index is 12.5. The molecule has 0 aliphatic heterocycles. The number of benzene rings is 2. The van der Waals surface area contributed by atoms with E-state index in [1.165, 1.54) is 28.7 Å². The highest BCUT2D eigenvalue weighted by molar-refractivity contribution is 7.99. The standard InChI is InChI=1S/C25H27N5O2S2/c1-5-18-11-13-20(14-12-18)32-16(2)23-28-29-25(30(23)4)33-15-21(31)26-24-27-22(17(3)34-24)19-9-7-6-8-10-19/h6-14,16H,5,15H2,1-4H3,(H,26,27,31)/t16-/m1/s1. The van der Waals surface area contributed by atoms with Crippen molar-refractivity contribution >= 4 is 34.1 Å². The fourth-order valence-electron chi connectivity index (χ4n) is 3.47. The van der Waals surface area contributed by atoms with Crippen molar-refractivity contribution in [2.75, 3.05) is 11.1 Å². The van der Waals surface area contributed by atoms with E-state index in [9.17, 15) is 4.79 Å². The van der Waals surface area contributed by atoms with Gasteiger partial charge in [0.05, 0.1) is 11.4 Å². The molecular formula is C25H27N5O2S2. The Balaban J connectivity index is 1.34. The maximum atomic E-state index is 12.5. The number of ether oxygens (including phenoxy) is 1. The monoisotopic (exact) mass is 493 g/mol. The van der Waals surface area contributed by atoms with Crippen molar-refractivity contribution in [1.82, 2.24) is 19.7 Å². The molecule has 0 fully saturated rings. The van der Waals surface area contributed by atoms with Gasteiger partial charge in [-0.05, 0) is 38.0 Å². The highest BCUT2D eigenvalue weighted by atomic mass is 32.2. The fourth-order valence-corrected chi connectivity index (χ4v) is 5.04. The van der Waals surface area contributed by atoms with Gasteiger partial charge in [-0.2, -0.15) is 0 Å². The highest BCUT2D eigenvalue weighted by Crippen LogP contribution is 2.30. The number of nitrogens with zero attached hydrogens (tertiary/aromatic N) is 4. The van der Waals surface area contributed by atoms with E-state index in [1.54, 1.807) is 0 Å². The van der Waals surface area contributed by atoms with E-state index >= 15 is 0 Å². The van der Waals surface area contributed by atoms with Crippen LogP contribution in [0.4, 0.5) is 5.13 Å². The largest absolute Gasteiger partial charge is 0.483 e. The molecule has 0 aliphatic carbocycles. The molecule has 0 unspecified atom stereocenters. The van der Waals surface area contributed by atoms with Crippen molar-refractivity contribution in [2.24, 2.45) is 7.05 Å². The van der Waals surface area contributed by atoms with Crippen LogP contribution in [0.15, 0.2) is 59.8 Å². The Hall–Kier alpha value is -3.17. The molecule has 0 radical (unpaired) electrons. The van der Waals surface area contributed by atoms with Crippen LogP contribution in [0.1, 0.15) is 36.2 Å². The zero-order chi connectivity index (χ0) is 24.1. The van der Waals surface area contributed by atoms with Crippen LogP contribution < -0.4 is 10.1 Å². The van der Waals surface area contributed by atoms with E-state index in [0.717, 1.165) is 28.3 Å². The molecule has 0 aliphatic rings. The number of aryl methyl sites for hydroxylation is 2. The number of amides is 1. The molecule has 9 heteroatoms. The molecule has 2 aromatic heterocycles. The summed E-state index contributed by atoms with van der Waals surface area (Å²) in [5.74, 6) is 1.56. The molecule has 0 saturated carbocycles.